The molecule has 118 valence electrons. The first-order chi connectivity index (χ1) is 10.2. The monoisotopic (exact) mass is 310 g/mol. The van der Waals surface area contributed by atoms with Crippen LogP contribution in [0.1, 0.15) is 49.1 Å². The maximum Gasteiger partial charge on any atom is 0.223 e. The highest BCUT2D eigenvalue weighted by Crippen LogP contribution is 2.23. The SMILES string of the molecule is COCCC[C@@H]1CCCCN1C(=O)CCc1scnc1C. The number of aromatic nitrogens is 1. The Morgan fingerprint density at radius 2 is 2.38 bits per heavy atom. The van der Waals surface area contributed by atoms with Gasteiger partial charge >= 0.3 is 0 Å². The number of likely N-dealkylation sites (tertiary alicyclic amines) is 1. The van der Waals surface area contributed by atoms with Gasteiger partial charge in [-0.2, -0.15) is 0 Å². The van der Waals surface area contributed by atoms with Gasteiger partial charge in [0, 0.05) is 37.6 Å². The number of hydrogen-bond donors (Lipinski definition) is 0. The zero-order chi connectivity index (χ0) is 15.1. The fourth-order valence-electron chi connectivity index (χ4n) is 3.02. The number of ether oxygens (including phenoxy) is 1. The van der Waals surface area contributed by atoms with E-state index in [1.807, 2.05) is 12.4 Å². The molecule has 1 atom stereocenters. The molecule has 1 aliphatic rings. The van der Waals surface area contributed by atoms with Gasteiger partial charge in [-0.25, -0.2) is 4.98 Å². The van der Waals surface area contributed by atoms with Gasteiger partial charge in [0.25, 0.3) is 0 Å². The van der Waals surface area contributed by atoms with E-state index in [1.165, 1.54) is 11.3 Å². The van der Waals surface area contributed by atoms with Gasteiger partial charge in [0.05, 0.1) is 11.2 Å². The van der Waals surface area contributed by atoms with E-state index >= 15 is 0 Å². The third-order valence-corrected chi connectivity index (χ3v) is 5.24. The molecule has 0 saturated carbocycles. The Balaban J connectivity index is 1.84. The van der Waals surface area contributed by atoms with Crippen molar-refractivity contribution in [3.8, 4) is 0 Å². The lowest BCUT2D eigenvalue weighted by Gasteiger charge is -2.36. The largest absolute Gasteiger partial charge is 0.385 e. The number of thiazole rings is 1. The lowest BCUT2D eigenvalue weighted by Crippen LogP contribution is -2.43. The minimum absolute atomic E-state index is 0.310. The lowest BCUT2D eigenvalue weighted by molar-refractivity contribution is -0.135. The van der Waals surface area contributed by atoms with Crippen LogP contribution in [0.2, 0.25) is 0 Å². The number of rotatable bonds is 7. The lowest BCUT2D eigenvalue weighted by atomic mass is 9.97. The first-order valence-corrected chi connectivity index (χ1v) is 8.77. The molecule has 1 aromatic rings. The zero-order valence-corrected chi connectivity index (χ0v) is 14.0. The zero-order valence-electron chi connectivity index (χ0n) is 13.1. The second-order valence-corrected chi connectivity index (χ2v) is 6.67. The molecule has 2 heterocycles. The fraction of sp³-hybridized carbons (Fsp3) is 0.750. The number of amides is 1. The van der Waals surface area contributed by atoms with Gasteiger partial charge in [0.15, 0.2) is 0 Å². The number of nitrogens with zero attached hydrogens (tertiary/aromatic N) is 2. The Morgan fingerprint density at radius 3 is 3.10 bits per heavy atom. The summed E-state index contributed by atoms with van der Waals surface area (Å²) in [4.78, 5) is 20.1. The topological polar surface area (TPSA) is 42.4 Å². The second kappa shape index (κ2) is 8.49. The number of hydrogen-bond acceptors (Lipinski definition) is 4. The molecule has 0 aliphatic carbocycles. The van der Waals surface area contributed by atoms with Crippen molar-refractivity contribution in [2.45, 2.75) is 57.9 Å². The van der Waals surface area contributed by atoms with Crippen LogP contribution >= 0.6 is 11.3 Å². The average Bonchev–Trinajstić information content (AvgIpc) is 2.91. The molecule has 1 amide bonds. The van der Waals surface area contributed by atoms with Gasteiger partial charge in [-0.05, 0) is 45.4 Å². The Bertz CT molecular complexity index is 447. The number of carbonyl (C=O) groups excluding carboxylic acids is 1. The number of aryl methyl sites for hydroxylation is 2. The summed E-state index contributed by atoms with van der Waals surface area (Å²) in [5, 5.41) is 0. The van der Waals surface area contributed by atoms with Crippen LogP contribution in [-0.4, -0.2) is 42.1 Å². The van der Waals surface area contributed by atoms with Crippen molar-refractivity contribution < 1.29 is 9.53 Å². The van der Waals surface area contributed by atoms with Crippen molar-refractivity contribution in [3.05, 3.63) is 16.1 Å². The number of carbonyl (C=O) groups is 1. The summed E-state index contributed by atoms with van der Waals surface area (Å²) in [5.74, 6) is 0.310. The summed E-state index contributed by atoms with van der Waals surface area (Å²) in [6.07, 6.45) is 7.09. The number of piperidine rings is 1. The first kappa shape index (κ1) is 16.4. The van der Waals surface area contributed by atoms with Crippen molar-refractivity contribution in [2.75, 3.05) is 20.3 Å². The highest BCUT2D eigenvalue weighted by molar-refractivity contribution is 7.09. The quantitative estimate of drug-likeness (QED) is 0.726. The summed E-state index contributed by atoms with van der Waals surface area (Å²) in [6.45, 7) is 3.74. The van der Waals surface area contributed by atoms with Crippen LogP contribution in [0.25, 0.3) is 0 Å². The fourth-order valence-corrected chi connectivity index (χ4v) is 3.80. The molecule has 0 N–H and O–H groups in total. The van der Waals surface area contributed by atoms with Gasteiger partial charge in [-0.3, -0.25) is 4.79 Å². The van der Waals surface area contributed by atoms with Crippen LogP contribution in [-0.2, 0) is 16.0 Å². The van der Waals surface area contributed by atoms with E-state index in [9.17, 15) is 4.79 Å². The van der Waals surface area contributed by atoms with Crippen molar-refractivity contribution >= 4 is 17.2 Å². The van der Waals surface area contributed by atoms with E-state index in [1.54, 1.807) is 18.4 Å². The van der Waals surface area contributed by atoms with Crippen molar-refractivity contribution in [1.82, 2.24) is 9.88 Å². The first-order valence-electron chi connectivity index (χ1n) is 7.89. The molecule has 0 aromatic carbocycles. The van der Waals surface area contributed by atoms with Crippen molar-refractivity contribution in [3.63, 3.8) is 0 Å². The molecular formula is C16H26N2O2S. The molecule has 0 radical (unpaired) electrons. The van der Waals surface area contributed by atoms with Crippen LogP contribution in [0.3, 0.4) is 0 Å². The highest BCUT2D eigenvalue weighted by Gasteiger charge is 2.26. The van der Waals surface area contributed by atoms with Crippen LogP contribution in [0, 0.1) is 6.92 Å². The van der Waals surface area contributed by atoms with Gasteiger partial charge in [0.1, 0.15) is 0 Å². The molecule has 2 rings (SSSR count). The number of methoxy groups -OCH3 is 1. The normalized spacial score (nSPS) is 19.0. The van der Waals surface area contributed by atoms with E-state index in [2.05, 4.69) is 9.88 Å². The summed E-state index contributed by atoms with van der Waals surface area (Å²) in [5.41, 5.74) is 2.94. The molecule has 0 spiro atoms. The van der Waals surface area contributed by atoms with E-state index in [0.717, 1.165) is 50.9 Å². The van der Waals surface area contributed by atoms with Crippen LogP contribution in [0.4, 0.5) is 0 Å². The predicted octanol–water partition coefficient (Wildman–Crippen LogP) is 3.19. The van der Waals surface area contributed by atoms with Gasteiger partial charge < -0.3 is 9.64 Å². The second-order valence-electron chi connectivity index (χ2n) is 5.73. The molecule has 1 aliphatic heterocycles. The maximum absolute atomic E-state index is 12.5. The van der Waals surface area contributed by atoms with Gasteiger partial charge in [0.2, 0.25) is 5.91 Å². The van der Waals surface area contributed by atoms with Crippen molar-refractivity contribution in [1.29, 1.82) is 0 Å². The highest BCUT2D eigenvalue weighted by atomic mass is 32.1. The van der Waals surface area contributed by atoms with E-state index in [0.29, 0.717) is 18.4 Å². The molecule has 1 fully saturated rings. The summed E-state index contributed by atoms with van der Waals surface area (Å²) >= 11 is 1.66. The molecule has 4 nitrogen and oxygen atoms in total. The Labute approximate surface area is 131 Å². The average molecular weight is 310 g/mol. The third-order valence-electron chi connectivity index (χ3n) is 4.24. The summed E-state index contributed by atoms with van der Waals surface area (Å²) in [7, 11) is 1.74. The molecule has 1 aromatic heterocycles. The smallest absolute Gasteiger partial charge is 0.223 e. The van der Waals surface area contributed by atoms with Crippen LogP contribution in [0.5, 0.6) is 0 Å². The van der Waals surface area contributed by atoms with Gasteiger partial charge in [-0.1, -0.05) is 0 Å². The molecule has 1 saturated heterocycles. The van der Waals surface area contributed by atoms with E-state index in [-0.39, 0.29) is 0 Å². The Kier molecular flexibility index (Phi) is 6.64. The minimum atomic E-state index is 0.310. The Hall–Kier alpha value is -0.940. The van der Waals surface area contributed by atoms with Crippen LogP contribution < -0.4 is 0 Å². The minimum Gasteiger partial charge on any atom is -0.385 e. The summed E-state index contributed by atoms with van der Waals surface area (Å²) in [6, 6.07) is 0.420. The molecule has 0 unspecified atom stereocenters. The third kappa shape index (κ3) is 4.78. The molecule has 0 bridgehead atoms. The van der Waals surface area contributed by atoms with Crippen LogP contribution in [0.15, 0.2) is 5.51 Å². The van der Waals surface area contributed by atoms with Crippen molar-refractivity contribution in [2.24, 2.45) is 0 Å². The maximum atomic E-state index is 12.5. The van der Waals surface area contributed by atoms with Gasteiger partial charge in [-0.15, -0.1) is 11.3 Å². The molecule has 5 heteroatoms. The molecule has 21 heavy (non-hydrogen) atoms. The summed E-state index contributed by atoms with van der Waals surface area (Å²) < 4.78 is 5.13. The standard InChI is InChI=1S/C16H26N2O2S/c1-13-15(21-12-17-13)8-9-16(19)18-10-4-3-6-14(18)7-5-11-20-2/h12,14H,3-11H2,1-2H3/t14-/m0/s1. The Morgan fingerprint density at radius 1 is 1.52 bits per heavy atom. The molecular weight excluding hydrogens is 284 g/mol. The predicted molar refractivity (Wildman–Crippen MR) is 85.6 cm³/mol. The van der Waals surface area contributed by atoms with E-state index < -0.39 is 0 Å². The van der Waals surface area contributed by atoms with E-state index in [4.69, 9.17) is 4.74 Å².